The fourth-order valence-corrected chi connectivity index (χ4v) is 2.28. The molecule has 28 heavy (non-hydrogen) atoms. The van der Waals surface area contributed by atoms with E-state index in [4.69, 9.17) is 11.6 Å². The van der Waals surface area contributed by atoms with Gasteiger partial charge in [0.1, 0.15) is 10.7 Å². The topological polar surface area (TPSA) is 90.1 Å². The summed E-state index contributed by atoms with van der Waals surface area (Å²) >= 11 is 5.36. The third-order valence-corrected chi connectivity index (χ3v) is 3.62. The third-order valence-electron chi connectivity index (χ3n) is 3.28. The number of aromatic nitrogens is 2. The summed E-state index contributed by atoms with van der Waals surface area (Å²) in [6.45, 7) is 3.19. The molecule has 7 nitrogen and oxygen atoms in total. The highest BCUT2D eigenvalue weighted by Crippen LogP contribution is 2.37. The lowest BCUT2D eigenvalue weighted by atomic mass is 10.1. The van der Waals surface area contributed by atoms with Gasteiger partial charge < -0.3 is 5.32 Å². The number of halogens is 7. The quantitative estimate of drug-likeness (QED) is 0.433. The third kappa shape index (κ3) is 4.08. The van der Waals surface area contributed by atoms with Crippen LogP contribution in [0, 0.1) is 10.1 Å². The average Bonchev–Trinajstić information content (AvgIpc) is 2.56. The van der Waals surface area contributed by atoms with Gasteiger partial charge in [-0.1, -0.05) is 18.2 Å². The Labute approximate surface area is 156 Å². The summed E-state index contributed by atoms with van der Waals surface area (Å²) < 4.78 is 77.6. The van der Waals surface area contributed by atoms with Crippen molar-refractivity contribution >= 4 is 35.1 Å². The molecule has 0 spiro atoms. The van der Waals surface area contributed by atoms with Crippen LogP contribution in [0.5, 0.6) is 0 Å². The smallest absolute Gasteiger partial charge is 0.319 e. The number of rotatable bonds is 4. The predicted molar refractivity (Wildman–Crippen MR) is 86.3 cm³/mol. The fourth-order valence-electron chi connectivity index (χ4n) is 2.04. The van der Waals surface area contributed by atoms with Crippen LogP contribution in [0.15, 0.2) is 29.6 Å². The van der Waals surface area contributed by atoms with Gasteiger partial charge in [0, 0.05) is 12.3 Å². The average molecular weight is 429 g/mol. The Kier molecular flexibility index (Phi) is 5.41. The number of nitrogens with one attached hydrogen (secondary N) is 1. The van der Waals surface area contributed by atoms with Gasteiger partial charge in [-0.15, -0.1) is 0 Å². The normalized spacial score (nSPS) is 12.0. The molecule has 14 heteroatoms. The van der Waals surface area contributed by atoms with Gasteiger partial charge in [0.05, 0.1) is 10.5 Å². The van der Waals surface area contributed by atoms with Crippen LogP contribution in [0.25, 0.3) is 6.20 Å². The number of hydrogen-bond acceptors (Lipinski definition) is 5. The van der Waals surface area contributed by atoms with Gasteiger partial charge in [0.25, 0.3) is 11.2 Å². The number of nitro benzene ring substituents is 1. The number of nitrogens with zero attached hydrogens (tertiary/aromatic N) is 3. The van der Waals surface area contributed by atoms with E-state index >= 15 is 0 Å². The number of hydrogen-bond donors (Lipinski definition) is 1. The lowest BCUT2D eigenvalue weighted by Gasteiger charge is -2.15. The molecular formula is C14H7ClF6N4O3. The van der Waals surface area contributed by atoms with Crippen molar-refractivity contribution < 1.29 is 31.3 Å². The van der Waals surface area contributed by atoms with Crippen molar-refractivity contribution in [2.24, 2.45) is 0 Å². The van der Waals surface area contributed by atoms with E-state index in [9.17, 15) is 41.3 Å². The summed E-state index contributed by atoms with van der Waals surface area (Å²) in [7, 11) is 0. The van der Waals surface area contributed by atoms with Crippen LogP contribution in [0.4, 0.5) is 43.7 Å². The fraction of sp³-hybridized carbons (Fsp3) is 0.143. The Bertz CT molecular complexity index is 1020. The summed E-state index contributed by atoms with van der Waals surface area (Å²) in [5.74, 6) is -0.889. The molecule has 0 aliphatic rings. The molecule has 0 saturated carbocycles. The molecule has 0 fully saturated rings. The molecule has 150 valence electrons. The predicted octanol–water partition coefficient (Wildman–Crippen LogP) is 4.69. The van der Waals surface area contributed by atoms with Gasteiger partial charge in [-0.3, -0.25) is 19.5 Å². The minimum atomic E-state index is -5.14. The molecule has 0 aliphatic heterocycles. The van der Waals surface area contributed by atoms with Crippen LogP contribution in [-0.2, 0) is 12.4 Å². The first-order chi connectivity index (χ1) is 12.8. The first kappa shape index (κ1) is 21.2. The minimum Gasteiger partial charge on any atom is -0.319 e. The summed E-state index contributed by atoms with van der Waals surface area (Å²) in [5, 5.41) is 11.8. The van der Waals surface area contributed by atoms with Crippen molar-refractivity contribution in [2.75, 3.05) is 5.32 Å². The summed E-state index contributed by atoms with van der Waals surface area (Å²) in [4.78, 5) is 25.0. The summed E-state index contributed by atoms with van der Waals surface area (Å²) in [6, 6.07) is 1.26. The molecule has 0 unspecified atom stereocenters. The van der Waals surface area contributed by atoms with E-state index in [1.54, 1.807) is 0 Å². The van der Waals surface area contributed by atoms with Crippen molar-refractivity contribution in [2.45, 2.75) is 12.4 Å². The molecule has 1 N–H and O–H groups in total. The van der Waals surface area contributed by atoms with E-state index in [1.165, 1.54) is 0 Å². The Morgan fingerprint density at radius 2 is 1.82 bits per heavy atom. The monoisotopic (exact) mass is 428 g/mol. The number of nitro groups is 1. The first-order valence-electron chi connectivity index (χ1n) is 6.91. The molecule has 0 bridgehead atoms. The zero-order valence-corrected chi connectivity index (χ0v) is 14.0. The Morgan fingerprint density at radius 1 is 1.21 bits per heavy atom. The van der Waals surface area contributed by atoms with Crippen LogP contribution in [0.1, 0.15) is 11.3 Å². The van der Waals surface area contributed by atoms with E-state index in [1.807, 2.05) is 5.32 Å². The van der Waals surface area contributed by atoms with Crippen molar-refractivity contribution in [3.05, 3.63) is 61.5 Å². The second kappa shape index (κ2) is 7.14. The molecule has 0 aliphatic carbocycles. The van der Waals surface area contributed by atoms with Gasteiger partial charge in [-0.05, 0) is 12.1 Å². The molecule has 1 heterocycles. The van der Waals surface area contributed by atoms with Gasteiger partial charge in [-0.25, -0.2) is 4.98 Å². The van der Waals surface area contributed by atoms with Crippen molar-refractivity contribution in [3.63, 3.8) is 0 Å². The van der Waals surface area contributed by atoms with Crippen LogP contribution in [0.3, 0.4) is 0 Å². The van der Waals surface area contributed by atoms with E-state index in [0.717, 1.165) is 6.20 Å². The molecule has 0 amide bonds. The Balaban J connectivity index is 2.69. The summed E-state index contributed by atoms with van der Waals surface area (Å²) in [5.41, 5.74) is -6.28. The molecule has 1 aromatic heterocycles. The number of benzene rings is 1. The molecule has 2 rings (SSSR count). The van der Waals surface area contributed by atoms with Gasteiger partial charge in [0.15, 0.2) is 5.69 Å². The van der Waals surface area contributed by atoms with Crippen molar-refractivity contribution in [1.29, 1.82) is 0 Å². The molecular weight excluding hydrogens is 422 g/mol. The zero-order chi connectivity index (χ0) is 21.4. The van der Waals surface area contributed by atoms with Crippen LogP contribution >= 0.6 is 11.6 Å². The van der Waals surface area contributed by atoms with Gasteiger partial charge in [-0.2, -0.15) is 26.3 Å². The number of alkyl halides is 6. The standard InChI is InChI=1S/C14H7ClF6N4O3/c1-2-24-11(26)9(15)10(14(19,20)21)23-12(24)22-7-4-3-6(13(16,17)18)5-8(7)25(27)28/h2-5H,1H2,(H,22,23). The van der Waals surface area contributed by atoms with Crippen LogP contribution < -0.4 is 10.9 Å². The van der Waals surface area contributed by atoms with Crippen molar-refractivity contribution in [1.82, 2.24) is 9.55 Å². The summed E-state index contributed by atoms with van der Waals surface area (Å²) in [6.07, 6.45) is -9.31. The Morgan fingerprint density at radius 3 is 2.29 bits per heavy atom. The van der Waals surface area contributed by atoms with Gasteiger partial charge in [0.2, 0.25) is 5.95 Å². The van der Waals surface area contributed by atoms with Crippen molar-refractivity contribution in [3.8, 4) is 0 Å². The minimum absolute atomic E-state index is 0.180. The van der Waals surface area contributed by atoms with E-state index < -0.39 is 56.4 Å². The Hall–Kier alpha value is -3.09. The molecule has 0 saturated heterocycles. The lowest BCUT2D eigenvalue weighted by molar-refractivity contribution is -0.384. The number of anilines is 2. The maximum Gasteiger partial charge on any atom is 0.435 e. The second-order valence-electron chi connectivity index (χ2n) is 5.07. The molecule has 0 atom stereocenters. The highest BCUT2D eigenvalue weighted by molar-refractivity contribution is 6.31. The largest absolute Gasteiger partial charge is 0.435 e. The highest BCUT2D eigenvalue weighted by Gasteiger charge is 2.38. The second-order valence-corrected chi connectivity index (χ2v) is 5.44. The maximum absolute atomic E-state index is 13.0. The maximum atomic E-state index is 13.0. The lowest BCUT2D eigenvalue weighted by Crippen LogP contribution is -2.25. The SMILES string of the molecule is C=Cn1c(Nc2ccc(C(F)(F)F)cc2[N+](=O)[O-])nc(C(F)(F)F)c(Cl)c1=O. The van der Waals surface area contributed by atoms with Crippen LogP contribution in [0.2, 0.25) is 5.02 Å². The van der Waals surface area contributed by atoms with E-state index in [2.05, 4.69) is 11.6 Å². The van der Waals surface area contributed by atoms with Crippen LogP contribution in [-0.4, -0.2) is 14.5 Å². The molecule has 1 aromatic carbocycles. The van der Waals surface area contributed by atoms with Gasteiger partial charge >= 0.3 is 12.4 Å². The van der Waals surface area contributed by atoms with E-state index in [-0.39, 0.29) is 6.07 Å². The first-order valence-corrected chi connectivity index (χ1v) is 7.29. The highest BCUT2D eigenvalue weighted by atomic mass is 35.5. The van der Waals surface area contributed by atoms with E-state index in [0.29, 0.717) is 16.7 Å². The molecule has 0 radical (unpaired) electrons. The molecule has 2 aromatic rings. The zero-order valence-electron chi connectivity index (χ0n) is 13.2.